The van der Waals surface area contributed by atoms with Crippen molar-refractivity contribution in [1.82, 2.24) is 4.57 Å². The van der Waals surface area contributed by atoms with Crippen molar-refractivity contribution in [3.8, 4) is 0 Å². The fraction of sp³-hybridized carbons (Fsp3) is 0.172. The Morgan fingerprint density at radius 3 is 2.40 bits per heavy atom. The van der Waals surface area contributed by atoms with E-state index in [0.717, 1.165) is 44.6 Å². The van der Waals surface area contributed by atoms with Gasteiger partial charge in [0.2, 0.25) is 17.7 Å². The lowest BCUT2D eigenvalue weighted by Gasteiger charge is -2.30. The van der Waals surface area contributed by atoms with E-state index in [1.54, 1.807) is 30.3 Å². The maximum atomic E-state index is 13.9. The van der Waals surface area contributed by atoms with E-state index in [-0.39, 0.29) is 5.69 Å². The zero-order chi connectivity index (χ0) is 30.6. The number of carbonyl (C=O) groups is 3. The molecule has 0 saturated carbocycles. The van der Waals surface area contributed by atoms with Crippen molar-refractivity contribution in [3.05, 3.63) is 108 Å². The number of imide groups is 1. The van der Waals surface area contributed by atoms with Gasteiger partial charge in [-0.1, -0.05) is 68.8 Å². The van der Waals surface area contributed by atoms with Gasteiger partial charge in [0.1, 0.15) is 11.8 Å². The number of carbonyl (C=O) groups excluding carboxylic acids is 3. The van der Waals surface area contributed by atoms with Crippen LogP contribution in [0.3, 0.4) is 0 Å². The molecule has 1 fully saturated rings. The smallest absolute Gasteiger partial charge is 0.325 e. The largest absolute Gasteiger partial charge is 0.416 e. The van der Waals surface area contributed by atoms with Crippen LogP contribution in [0.25, 0.3) is 0 Å². The van der Waals surface area contributed by atoms with Crippen LogP contribution in [0.2, 0.25) is 5.02 Å². The summed E-state index contributed by atoms with van der Waals surface area (Å²) in [7, 11) is 0. The van der Waals surface area contributed by atoms with Crippen LogP contribution in [0.5, 0.6) is 0 Å². The molecular formula is C29H18BrClF3N3O4S2. The molecule has 0 aliphatic carbocycles. The summed E-state index contributed by atoms with van der Waals surface area (Å²) in [5.41, 5.74) is 0.0609. The summed E-state index contributed by atoms with van der Waals surface area (Å²) in [6, 6.07) is 17.7. The van der Waals surface area contributed by atoms with Crippen LogP contribution in [0.15, 0.2) is 87.1 Å². The Labute approximate surface area is 263 Å². The summed E-state index contributed by atoms with van der Waals surface area (Å²) >= 11 is 11.4. The van der Waals surface area contributed by atoms with Gasteiger partial charge >= 0.3 is 11.0 Å². The summed E-state index contributed by atoms with van der Waals surface area (Å²) in [6.45, 7) is -0.500. The number of thioether (sulfide) groups is 1. The van der Waals surface area contributed by atoms with Crippen molar-refractivity contribution >= 4 is 79.7 Å². The Hall–Kier alpha value is -3.39. The van der Waals surface area contributed by atoms with Gasteiger partial charge in [0, 0.05) is 26.0 Å². The van der Waals surface area contributed by atoms with Gasteiger partial charge in [-0.2, -0.15) is 13.2 Å². The standard InChI is InChI=1S/C29H18BrClF3N3O4S2/c30-16-5-1-3-14(11-16)21-22-23(26(40)37(25(22)39)19-9-7-17(31)8-10-19)42-27-24(21)43-28(41)36(27)13-20(38)35-18-6-2-4-15(12-18)29(32,33)34/h1-12,21-23H,13H2,(H,35,38)/t21-,22-,23+/m0/s1. The number of thiazole rings is 1. The average Bonchev–Trinajstić information content (AvgIpc) is 3.39. The Kier molecular flexibility index (Phi) is 7.78. The maximum Gasteiger partial charge on any atom is 0.416 e. The summed E-state index contributed by atoms with van der Waals surface area (Å²) in [6.07, 6.45) is -4.59. The normalized spacial score (nSPS) is 19.7. The number of hydrogen-bond donors (Lipinski definition) is 1. The van der Waals surface area contributed by atoms with Gasteiger partial charge in [0.05, 0.1) is 22.2 Å². The van der Waals surface area contributed by atoms with Gasteiger partial charge < -0.3 is 5.32 Å². The van der Waals surface area contributed by atoms with Crippen molar-refractivity contribution in [2.45, 2.75) is 28.9 Å². The van der Waals surface area contributed by atoms with Crippen molar-refractivity contribution < 1.29 is 27.6 Å². The SMILES string of the molecule is O=C(Cn1c2c(sc1=O)[C@@H](c1cccc(Br)c1)[C@@H]1C(=O)N(c3ccc(Cl)cc3)C(=O)[C@@H]1S2)Nc1cccc(C(F)(F)F)c1. The molecule has 3 heterocycles. The molecule has 0 bridgehead atoms. The number of alkyl halides is 3. The van der Waals surface area contributed by atoms with Gasteiger partial charge in [-0.15, -0.1) is 0 Å². The van der Waals surface area contributed by atoms with Crippen LogP contribution >= 0.6 is 50.6 Å². The fourth-order valence-electron chi connectivity index (χ4n) is 5.28. The second-order valence-electron chi connectivity index (χ2n) is 9.84. The Morgan fingerprint density at radius 1 is 0.977 bits per heavy atom. The molecule has 3 atom stereocenters. The van der Waals surface area contributed by atoms with Crippen LogP contribution in [0.4, 0.5) is 24.5 Å². The monoisotopic (exact) mass is 707 g/mol. The lowest BCUT2D eigenvalue weighted by atomic mass is 9.83. The maximum absolute atomic E-state index is 13.9. The third-order valence-electron chi connectivity index (χ3n) is 7.12. The van der Waals surface area contributed by atoms with Crippen LogP contribution in [0, 0.1) is 5.92 Å². The number of fused-ring (bicyclic) bond motifs is 2. The first-order valence-corrected chi connectivity index (χ1v) is 15.5. The number of aromatic nitrogens is 1. The molecule has 1 aromatic heterocycles. The highest BCUT2D eigenvalue weighted by atomic mass is 79.9. The minimum absolute atomic E-state index is 0.0770. The molecule has 7 nitrogen and oxygen atoms in total. The van der Waals surface area contributed by atoms with E-state index in [9.17, 15) is 32.3 Å². The van der Waals surface area contributed by atoms with E-state index in [2.05, 4.69) is 21.2 Å². The summed E-state index contributed by atoms with van der Waals surface area (Å²) in [4.78, 5) is 55.1. The summed E-state index contributed by atoms with van der Waals surface area (Å²) in [5.74, 6) is -3.11. The first kappa shape index (κ1) is 29.7. The van der Waals surface area contributed by atoms with Crippen LogP contribution < -0.4 is 15.1 Å². The van der Waals surface area contributed by atoms with Gasteiger partial charge in [-0.05, 0) is 60.2 Å². The van der Waals surface area contributed by atoms with Gasteiger partial charge in [0.15, 0.2) is 0 Å². The van der Waals surface area contributed by atoms with Crippen molar-refractivity contribution in [1.29, 1.82) is 0 Å². The van der Waals surface area contributed by atoms with Crippen LogP contribution in [0.1, 0.15) is 21.9 Å². The molecule has 14 heteroatoms. The molecule has 1 saturated heterocycles. The zero-order valence-corrected chi connectivity index (χ0v) is 25.6. The predicted molar refractivity (Wildman–Crippen MR) is 162 cm³/mol. The molecule has 1 N–H and O–H groups in total. The van der Waals surface area contributed by atoms with Crippen molar-refractivity contribution in [2.24, 2.45) is 5.92 Å². The van der Waals surface area contributed by atoms with Crippen molar-refractivity contribution in [3.63, 3.8) is 0 Å². The summed E-state index contributed by atoms with van der Waals surface area (Å²) in [5, 5.41) is 2.33. The third-order valence-corrected chi connectivity index (χ3v) is 10.5. The van der Waals surface area contributed by atoms with E-state index in [1.807, 2.05) is 18.2 Å². The quantitative estimate of drug-likeness (QED) is 0.231. The number of anilines is 2. The highest BCUT2D eigenvalue weighted by Crippen LogP contribution is 2.54. The first-order valence-electron chi connectivity index (χ1n) is 12.7. The zero-order valence-electron chi connectivity index (χ0n) is 21.6. The minimum atomic E-state index is -4.59. The van der Waals surface area contributed by atoms with Crippen molar-refractivity contribution in [2.75, 3.05) is 10.2 Å². The molecule has 2 aliphatic heterocycles. The van der Waals surface area contributed by atoms with Crippen LogP contribution in [-0.4, -0.2) is 27.5 Å². The fourth-order valence-corrected chi connectivity index (χ4v) is 8.59. The first-order chi connectivity index (χ1) is 20.4. The molecule has 0 spiro atoms. The number of benzene rings is 3. The van der Waals surface area contributed by atoms with Gasteiger partial charge in [0.25, 0.3) is 0 Å². The van der Waals surface area contributed by atoms with E-state index < -0.39 is 58.0 Å². The average molecular weight is 709 g/mol. The second-order valence-corrected chi connectivity index (χ2v) is 13.3. The number of nitrogens with one attached hydrogen (secondary N) is 1. The molecule has 3 aromatic carbocycles. The number of amides is 3. The molecule has 6 rings (SSSR count). The Morgan fingerprint density at radius 2 is 1.70 bits per heavy atom. The second kappa shape index (κ2) is 11.3. The molecule has 0 unspecified atom stereocenters. The lowest BCUT2D eigenvalue weighted by molar-refractivity contribution is -0.137. The Bertz CT molecular complexity index is 1840. The highest BCUT2D eigenvalue weighted by Gasteiger charge is 2.56. The molecule has 0 radical (unpaired) electrons. The van der Waals surface area contributed by atoms with E-state index in [4.69, 9.17) is 11.6 Å². The molecular weight excluding hydrogens is 691 g/mol. The van der Waals surface area contributed by atoms with E-state index >= 15 is 0 Å². The molecule has 2 aliphatic rings. The minimum Gasteiger partial charge on any atom is -0.325 e. The van der Waals surface area contributed by atoms with Gasteiger partial charge in [-0.25, -0.2) is 4.90 Å². The lowest BCUT2D eigenvalue weighted by Crippen LogP contribution is -2.33. The summed E-state index contributed by atoms with van der Waals surface area (Å²) < 4.78 is 41.4. The number of nitrogens with zero attached hydrogens (tertiary/aromatic N) is 2. The number of hydrogen-bond acceptors (Lipinski definition) is 6. The predicted octanol–water partition coefficient (Wildman–Crippen LogP) is 6.78. The highest BCUT2D eigenvalue weighted by molar-refractivity contribution is 9.10. The number of rotatable bonds is 5. The van der Waals surface area contributed by atoms with E-state index in [1.165, 1.54) is 16.7 Å². The molecule has 220 valence electrons. The third kappa shape index (κ3) is 5.54. The Balaban J connectivity index is 1.38. The molecule has 4 aromatic rings. The van der Waals surface area contributed by atoms with E-state index in [0.29, 0.717) is 26.2 Å². The topological polar surface area (TPSA) is 88.5 Å². The molecule has 43 heavy (non-hydrogen) atoms. The molecule has 3 amide bonds. The number of halogens is 5. The van der Waals surface area contributed by atoms with Crippen LogP contribution in [-0.2, 0) is 27.1 Å². The van der Waals surface area contributed by atoms with Gasteiger partial charge in [-0.3, -0.25) is 23.7 Å².